The third kappa shape index (κ3) is 4.16. The van der Waals surface area contributed by atoms with Crippen molar-refractivity contribution in [1.29, 1.82) is 0 Å². The molecule has 1 atom stereocenters. The summed E-state index contributed by atoms with van der Waals surface area (Å²) in [5.41, 5.74) is 0. The number of hydrogen-bond acceptors (Lipinski definition) is 3. The van der Waals surface area contributed by atoms with E-state index in [2.05, 4.69) is 29.2 Å². The Balaban J connectivity index is 2.30. The molecule has 1 aliphatic rings. The largest absolute Gasteiger partial charge is 0.268 e. The predicted molar refractivity (Wildman–Crippen MR) is 71.6 cm³/mol. The van der Waals surface area contributed by atoms with Crippen LogP contribution in [0.25, 0.3) is 0 Å². The van der Waals surface area contributed by atoms with Crippen LogP contribution >= 0.6 is 12.2 Å². The minimum Gasteiger partial charge on any atom is -0.268 e. The first-order valence-electron chi connectivity index (χ1n) is 6.51. The van der Waals surface area contributed by atoms with Crippen molar-refractivity contribution < 1.29 is 0 Å². The van der Waals surface area contributed by atoms with E-state index < -0.39 is 0 Å². The highest BCUT2D eigenvalue weighted by molar-refractivity contribution is 7.80. The Bertz CT molecular complexity index is 240. The van der Waals surface area contributed by atoms with Crippen LogP contribution in [-0.2, 0) is 0 Å². The zero-order valence-corrected chi connectivity index (χ0v) is 11.3. The molecule has 1 rings (SSSR count). The quantitative estimate of drug-likeness (QED) is 0.472. The highest BCUT2D eigenvalue weighted by Gasteiger charge is 2.26. The smallest absolute Gasteiger partial charge is 0.151 e. The van der Waals surface area contributed by atoms with E-state index >= 15 is 0 Å². The fraction of sp³-hybridized carbons (Fsp3) is 0.917. The zero-order valence-electron chi connectivity index (χ0n) is 10.5. The Morgan fingerprint density at radius 3 is 2.50 bits per heavy atom. The van der Waals surface area contributed by atoms with Crippen molar-refractivity contribution in [3.63, 3.8) is 0 Å². The molecule has 1 aliphatic heterocycles. The normalized spacial score (nSPS) is 19.8. The average molecular weight is 241 g/mol. The van der Waals surface area contributed by atoms with Gasteiger partial charge in [0.1, 0.15) is 6.04 Å². The van der Waals surface area contributed by atoms with Crippen molar-refractivity contribution >= 4 is 17.2 Å². The number of hydrogen-bond donors (Lipinski definition) is 0. The number of rotatable bonds is 8. The molecule has 0 aromatic rings. The van der Waals surface area contributed by atoms with E-state index in [1.807, 2.05) is 0 Å². The summed E-state index contributed by atoms with van der Waals surface area (Å²) in [7, 11) is 0. The third-order valence-electron chi connectivity index (χ3n) is 2.97. The molecule has 16 heavy (non-hydrogen) atoms. The summed E-state index contributed by atoms with van der Waals surface area (Å²) < 4.78 is 0. The molecular formula is C12H23N3S. The molecule has 92 valence electrons. The molecule has 0 saturated heterocycles. The van der Waals surface area contributed by atoms with Crippen molar-refractivity contribution in [2.75, 3.05) is 6.54 Å². The van der Waals surface area contributed by atoms with Gasteiger partial charge in [-0.3, -0.25) is 5.01 Å². The van der Waals surface area contributed by atoms with Crippen LogP contribution in [0.15, 0.2) is 10.3 Å². The van der Waals surface area contributed by atoms with Gasteiger partial charge in [0.15, 0.2) is 4.99 Å². The maximum atomic E-state index is 5.24. The molecule has 0 bridgehead atoms. The van der Waals surface area contributed by atoms with E-state index in [-0.39, 0.29) is 0 Å². The Morgan fingerprint density at radius 2 is 1.81 bits per heavy atom. The Morgan fingerprint density at radius 1 is 1.12 bits per heavy atom. The fourth-order valence-corrected chi connectivity index (χ4v) is 2.22. The summed E-state index contributed by atoms with van der Waals surface area (Å²) in [6, 6.07) is 0.304. The first-order valence-corrected chi connectivity index (χ1v) is 6.92. The Kier molecular flexibility index (Phi) is 6.53. The van der Waals surface area contributed by atoms with Gasteiger partial charge in [0, 0.05) is 6.54 Å². The van der Waals surface area contributed by atoms with E-state index in [0.29, 0.717) is 6.04 Å². The van der Waals surface area contributed by atoms with Gasteiger partial charge in [0.05, 0.1) is 0 Å². The molecular weight excluding hydrogens is 218 g/mol. The summed E-state index contributed by atoms with van der Waals surface area (Å²) in [6.07, 6.45) is 8.59. The Hall–Kier alpha value is -0.510. The molecule has 3 nitrogen and oxygen atoms in total. The zero-order chi connectivity index (χ0) is 11.8. The molecule has 0 spiro atoms. The van der Waals surface area contributed by atoms with Gasteiger partial charge in [-0.15, -0.1) is 5.11 Å². The van der Waals surface area contributed by atoms with E-state index in [1.54, 1.807) is 0 Å². The van der Waals surface area contributed by atoms with Crippen LogP contribution in [0.2, 0.25) is 0 Å². The Labute approximate surface area is 104 Å². The van der Waals surface area contributed by atoms with Crippen molar-refractivity contribution in [1.82, 2.24) is 5.01 Å². The maximum absolute atomic E-state index is 5.24. The minimum atomic E-state index is 0.304. The lowest BCUT2D eigenvalue weighted by Gasteiger charge is -2.21. The topological polar surface area (TPSA) is 28.0 Å². The van der Waals surface area contributed by atoms with Gasteiger partial charge < -0.3 is 0 Å². The van der Waals surface area contributed by atoms with Gasteiger partial charge in [-0.25, -0.2) is 0 Å². The van der Waals surface area contributed by atoms with Gasteiger partial charge >= 0.3 is 0 Å². The van der Waals surface area contributed by atoms with Crippen LogP contribution in [0.1, 0.15) is 58.8 Å². The summed E-state index contributed by atoms with van der Waals surface area (Å²) in [5, 5.41) is 10.3. The van der Waals surface area contributed by atoms with Crippen LogP contribution in [-0.4, -0.2) is 22.6 Å². The summed E-state index contributed by atoms with van der Waals surface area (Å²) in [4.78, 5) is 0.785. The lowest BCUT2D eigenvalue weighted by atomic mass is 10.1. The van der Waals surface area contributed by atoms with Crippen molar-refractivity contribution in [2.45, 2.75) is 64.8 Å². The second-order valence-corrected chi connectivity index (χ2v) is 4.83. The monoisotopic (exact) mass is 241 g/mol. The molecule has 1 unspecified atom stereocenters. The molecule has 0 saturated carbocycles. The predicted octanol–water partition coefficient (Wildman–Crippen LogP) is 4.14. The van der Waals surface area contributed by atoms with E-state index in [0.717, 1.165) is 18.0 Å². The van der Waals surface area contributed by atoms with Gasteiger partial charge in [0.2, 0.25) is 0 Å². The highest BCUT2D eigenvalue weighted by Crippen LogP contribution is 2.20. The SMILES string of the molecule is CCCCCC1C(=S)N=NN1CCCCC. The van der Waals surface area contributed by atoms with E-state index in [9.17, 15) is 0 Å². The van der Waals surface area contributed by atoms with Gasteiger partial charge in [-0.2, -0.15) is 0 Å². The molecule has 0 radical (unpaired) electrons. The van der Waals surface area contributed by atoms with Gasteiger partial charge in [-0.1, -0.05) is 63.4 Å². The first-order chi connectivity index (χ1) is 7.79. The minimum absolute atomic E-state index is 0.304. The molecule has 1 heterocycles. The second-order valence-electron chi connectivity index (χ2n) is 4.41. The van der Waals surface area contributed by atoms with Gasteiger partial charge in [-0.05, 0) is 12.8 Å². The second kappa shape index (κ2) is 7.71. The average Bonchev–Trinajstić information content (AvgIpc) is 2.62. The fourth-order valence-electron chi connectivity index (χ4n) is 1.94. The number of thiocarbonyl (C=S) groups is 1. The molecule has 0 fully saturated rings. The molecule has 4 heteroatoms. The maximum Gasteiger partial charge on any atom is 0.151 e. The van der Waals surface area contributed by atoms with Crippen LogP contribution in [0.3, 0.4) is 0 Å². The van der Waals surface area contributed by atoms with Crippen LogP contribution < -0.4 is 0 Å². The highest BCUT2D eigenvalue weighted by atomic mass is 32.1. The summed E-state index contributed by atoms with van der Waals surface area (Å²) in [5.74, 6) is 0. The summed E-state index contributed by atoms with van der Waals surface area (Å²) in [6.45, 7) is 5.45. The lowest BCUT2D eigenvalue weighted by Crippen LogP contribution is -2.32. The van der Waals surface area contributed by atoms with Crippen molar-refractivity contribution in [3.8, 4) is 0 Å². The van der Waals surface area contributed by atoms with Crippen molar-refractivity contribution in [3.05, 3.63) is 0 Å². The molecule has 0 aromatic carbocycles. The van der Waals surface area contributed by atoms with Crippen molar-refractivity contribution in [2.24, 2.45) is 10.3 Å². The van der Waals surface area contributed by atoms with Gasteiger partial charge in [0.25, 0.3) is 0 Å². The van der Waals surface area contributed by atoms with Crippen LogP contribution in [0.5, 0.6) is 0 Å². The summed E-state index contributed by atoms with van der Waals surface area (Å²) >= 11 is 5.24. The molecule has 0 amide bonds. The third-order valence-corrected chi connectivity index (χ3v) is 3.33. The van der Waals surface area contributed by atoms with E-state index in [1.165, 1.54) is 38.5 Å². The number of nitrogens with zero attached hydrogens (tertiary/aromatic N) is 3. The first kappa shape index (κ1) is 13.6. The van der Waals surface area contributed by atoms with Crippen LogP contribution in [0, 0.1) is 0 Å². The molecule has 0 N–H and O–H groups in total. The molecule has 0 aliphatic carbocycles. The van der Waals surface area contributed by atoms with E-state index in [4.69, 9.17) is 12.2 Å². The molecule has 0 aromatic heterocycles. The van der Waals surface area contributed by atoms with Crippen LogP contribution in [0.4, 0.5) is 0 Å². The standard InChI is InChI=1S/C12H23N3S/c1-3-5-7-9-11-12(16)13-14-15(11)10-8-6-4-2/h11H,3-10H2,1-2H3. The number of unbranched alkanes of at least 4 members (excludes halogenated alkanes) is 4. The lowest BCUT2D eigenvalue weighted by molar-refractivity contribution is 0.242.